The standard InChI is InChI=1S/C15H29N3O/c1-16-11-13-7-9-18(12-13)10-8-15(19)17-14-5-3-2-4-6-14/h13-14,16H,2-12H2,1H3,(H,17,19). The third-order valence-corrected chi connectivity index (χ3v) is 4.49. The molecule has 1 heterocycles. The van der Waals surface area contributed by atoms with E-state index in [4.69, 9.17) is 0 Å². The normalized spacial score (nSPS) is 25.6. The molecule has 0 radical (unpaired) electrons. The largest absolute Gasteiger partial charge is 0.353 e. The Balaban J connectivity index is 1.58. The molecule has 1 amide bonds. The first-order valence-corrected chi connectivity index (χ1v) is 7.94. The van der Waals surface area contributed by atoms with Gasteiger partial charge in [-0.25, -0.2) is 0 Å². The molecule has 2 aliphatic rings. The third kappa shape index (κ3) is 5.11. The maximum atomic E-state index is 11.9. The fraction of sp³-hybridized carbons (Fsp3) is 0.933. The molecular formula is C15H29N3O. The smallest absolute Gasteiger partial charge is 0.221 e. The van der Waals surface area contributed by atoms with Crippen LogP contribution in [0.25, 0.3) is 0 Å². The summed E-state index contributed by atoms with van der Waals surface area (Å²) in [5.41, 5.74) is 0. The molecule has 1 saturated heterocycles. The molecule has 110 valence electrons. The summed E-state index contributed by atoms with van der Waals surface area (Å²) in [5.74, 6) is 1.02. The van der Waals surface area contributed by atoms with Crippen LogP contribution in [0.15, 0.2) is 0 Å². The Morgan fingerprint density at radius 2 is 2.00 bits per heavy atom. The van der Waals surface area contributed by atoms with Gasteiger partial charge in [0.2, 0.25) is 5.91 Å². The lowest BCUT2D eigenvalue weighted by atomic mass is 9.95. The van der Waals surface area contributed by atoms with Crippen LogP contribution in [-0.2, 0) is 4.79 Å². The number of carbonyl (C=O) groups is 1. The van der Waals surface area contributed by atoms with Crippen molar-refractivity contribution < 1.29 is 4.79 Å². The number of likely N-dealkylation sites (tertiary alicyclic amines) is 1. The van der Waals surface area contributed by atoms with Crippen molar-refractivity contribution in [3.8, 4) is 0 Å². The van der Waals surface area contributed by atoms with Crippen LogP contribution in [0.3, 0.4) is 0 Å². The Bertz CT molecular complexity index is 277. The number of amides is 1. The van der Waals surface area contributed by atoms with Gasteiger partial charge in [0.05, 0.1) is 0 Å². The van der Waals surface area contributed by atoms with E-state index in [0.29, 0.717) is 12.5 Å². The van der Waals surface area contributed by atoms with E-state index in [-0.39, 0.29) is 5.91 Å². The van der Waals surface area contributed by atoms with Crippen LogP contribution in [0, 0.1) is 5.92 Å². The zero-order valence-corrected chi connectivity index (χ0v) is 12.3. The second kappa shape index (κ2) is 7.85. The van der Waals surface area contributed by atoms with Crippen molar-refractivity contribution in [2.24, 2.45) is 5.92 Å². The molecular weight excluding hydrogens is 238 g/mol. The summed E-state index contributed by atoms with van der Waals surface area (Å²) in [6.07, 6.45) is 8.20. The maximum Gasteiger partial charge on any atom is 0.221 e. The summed E-state index contributed by atoms with van der Waals surface area (Å²) in [5, 5.41) is 6.44. The maximum absolute atomic E-state index is 11.9. The van der Waals surface area contributed by atoms with Crippen molar-refractivity contribution in [1.82, 2.24) is 15.5 Å². The van der Waals surface area contributed by atoms with Gasteiger partial charge in [-0.05, 0) is 45.3 Å². The third-order valence-electron chi connectivity index (χ3n) is 4.49. The van der Waals surface area contributed by atoms with Gasteiger partial charge in [0.25, 0.3) is 0 Å². The first-order chi connectivity index (χ1) is 9.28. The molecule has 1 saturated carbocycles. The van der Waals surface area contributed by atoms with E-state index >= 15 is 0 Å². The number of hydrogen-bond acceptors (Lipinski definition) is 3. The van der Waals surface area contributed by atoms with Gasteiger partial charge < -0.3 is 15.5 Å². The van der Waals surface area contributed by atoms with Gasteiger partial charge in [0.1, 0.15) is 0 Å². The highest BCUT2D eigenvalue weighted by Crippen LogP contribution is 2.18. The molecule has 2 N–H and O–H groups in total. The van der Waals surface area contributed by atoms with Gasteiger partial charge in [-0.15, -0.1) is 0 Å². The highest BCUT2D eigenvalue weighted by molar-refractivity contribution is 5.76. The molecule has 1 unspecified atom stereocenters. The summed E-state index contributed by atoms with van der Waals surface area (Å²) in [6, 6.07) is 0.455. The Morgan fingerprint density at radius 3 is 2.74 bits per heavy atom. The predicted molar refractivity (Wildman–Crippen MR) is 78.1 cm³/mol. The molecule has 4 nitrogen and oxygen atoms in total. The van der Waals surface area contributed by atoms with E-state index < -0.39 is 0 Å². The van der Waals surface area contributed by atoms with Crippen LogP contribution in [0.5, 0.6) is 0 Å². The topological polar surface area (TPSA) is 44.4 Å². The molecule has 19 heavy (non-hydrogen) atoms. The van der Waals surface area contributed by atoms with Crippen molar-refractivity contribution >= 4 is 5.91 Å². The molecule has 0 bridgehead atoms. The van der Waals surface area contributed by atoms with Crippen molar-refractivity contribution in [2.75, 3.05) is 33.2 Å². The molecule has 0 aromatic rings. The summed E-state index contributed by atoms with van der Waals surface area (Å²) < 4.78 is 0. The van der Waals surface area contributed by atoms with Crippen LogP contribution < -0.4 is 10.6 Å². The summed E-state index contributed by atoms with van der Waals surface area (Å²) >= 11 is 0. The Labute approximate surface area is 117 Å². The van der Waals surface area contributed by atoms with E-state index in [1.54, 1.807) is 0 Å². The first-order valence-electron chi connectivity index (χ1n) is 7.94. The number of nitrogens with zero attached hydrogens (tertiary/aromatic N) is 1. The van der Waals surface area contributed by atoms with Gasteiger partial charge in [0, 0.05) is 25.6 Å². The van der Waals surface area contributed by atoms with Crippen LogP contribution in [0.4, 0.5) is 0 Å². The summed E-state index contributed by atoms with van der Waals surface area (Å²) in [7, 11) is 2.01. The van der Waals surface area contributed by atoms with Gasteiger partial charge in [0.15, 0.2) is 0 Å². The van der Waals surface area contributed by atoms with E-state index in [2.05, 4.69) is 15.5 Å². The minimum absolute atomic E-state index is 0.254. The molecule has 0 aromatic heterocycles. The van der Waals surface area contributed by atoms with Crippen molar-refractivity contribution in [3.63, 3.8) is 0 Å². The lowest BCUT2D eigenvalue weighted by Crippen LogP contribution is -2.38. The quantitative estimate of drug-likeness (QED) is 0.764. The minimum Gasteiger partial charge on any atom is -0.353 e. The minimum atomic E-state index is 0.254. The van der Waals surface area contributed by atoms with Gasteiger partial charge in [-0.1, -0.05) is 19.3 Å². The monoisotopic (exact) mass is 267 g/mol. The molecule has 4 heteroatoms. The highest BCUT2D eigenvalue weighted by atomic mass is 16.1. The van der Waals surface area contributed by atoms with E-state index in [1.807, 2.05) is 7.05 Å². The molecule has 2 rings (SSSR count). The van der Waals surface area contributed by atoms with E-state index in [1.165, 1.54) is 38.5 Å². The summed E-state index contributed by atoms with van der Waals surface area (Å²) in [6.45, 7) is 4.34. The zero-order valence-electron chi connectivity index (χ0n) is 12.3. The number of carbonyl (C=O) groups excluding carboxylic acids is 1. The second-order valence-corrected chi connectivity index (χ2v) is 6.17. The highest BCUT2D eigenvalue weighted by Gasteiger charge is 2.22. The molecule has 1 atom stereocenters. The number of nitrogens with one attached hydrogen (secondary N) is 2. The van der Waals surface area contributed by atoms with Gasteiger partial charge >= 0.3 is 0 Å². The summed E-state index contributed by atoms with van der Waals surface area (Å²) in [4.78, 5) is 14.4. The number of hydrogen-bond donors (Lipinski definition) is 2. The average molecular weight is 267 g/mol. The zero-order chi connectivity index (χ0) is 13.5. The van der Waals surface area contributed by atoms with Crippen LogP contribution >= 0.6 is 0 Å². The molecule has 2 fully saturated rings. The van der Waals surface area contributed by atoms with Crippen molar-refractivity contribution in [2.45, 2.75) is 51.0 Å². The van der Waals surface area contributed by atoms with Crippen molar-refractivity contribution in [3.05, 3.63) is 0 Å². The fourth-order valence-corrected chi connectivity index (χ4v) is 3.38. The molecule has 1 aliphatic carbocycles. The Morgan fingerprint density at radius 1 is 1.21 bits per heavy atom. The van der Waals surface area contributed by atoms with Gasteiger partial charge in [-0.2, -0.15) is 0 Å². The lowest BCUT2D eigenvalue weighted by Gasteiger charge is -2.23. The second-order valence-electron chi connectivity index (χ2n) is 6.17. The lowest BCUT2D eigenvalue weighted by molar-refractivity contribution is -0.122. The molecule has 0 aromatic carbocycles. The number of rotatable bonds is 6. The van der Waals surface area contributed by atoms with E-state index in [0.717, 1.165) is 32.1 Å². The fourth-order valence-electron chi connectivity index (χ4n) is 3.38. The van der Waals surface area contributed by atoms with Gasteiger partial charge in [-0.3, -0.25) is 4.79 Å². The van der Waals surface area contributed by atoms with Crippen LogP contribution in [-0.4, -0.2) is 50.1 Å². The Hall–Kier alpha value is -0.610. The SMILES string of the molecule is CNCC1CCN(CCC(=O)NC2CCCCC2)C1. The Kier molecular flexibility index (Phi) is 6.11. The predicted octanol–water partition coefficient (Wildman–Crippen LogP) is 1.37. The first kappa shape index (κ1) is 14.8. The van der Waals surface area contributed by atoms with E-state index in [9.17, 15) is 4.79 Å². The molecule has 0 spiro atoms. The van der Waals surface area contributed by atoms with Crippen LogP contribution in [0.1, 0.15) is 44.9 Å². The van der Waals surface area contributed by atoms with Crippen molar-refractivity contribution in [1.29, 1.82) is 0 Å². The van der Waals surface area contributed by atoms with Crippen LogP contribution in [0.2, 0.25) is 0 Å². The molecule has 1 aliphatic heterocycles. The average Bonchev–Trinajstić information content (AvgIpc) is 2.86.